The average molecular weight is 437 g/mol. The van der Waals surface area contributed by atoms with Crippen LogP contribution in [-0.4, -0.2) is 73.0 Å². The zero-order valence-corrected chi connectivity index (χ0v) is 17.9. The number of amides is 3. The summed E-state index contributed by atoms with van der Waals surface area (Å²) < 4.78 is 11.4. The molecule has 1 fully saturated rings. The standard InChI is InChI=1S/C24H27N3O5/c28-22(16-18-6-2-1-3-7-18)25-11-10-23(29)26-12-14-27(15-13-26)24(30)21-17-31-19-8-4-5-9-20(19)32-21/h1-9,21H,10-17H2,(H,25,28). The van der Waals surface area contributed by atoms with Gasteiger partial charge in [0.25, 0.3) is 5.91 Å². The molecule has 168 valence electrons. The molecule has 4 rings (SSSR count). The monoisotopic (exact) mass is 437 g/mol. The third-order valence-electron chi connectivity index (χ3n) is 5.60. The smallest absolute Gasteiger partial charge is 0.267 e. The Bertz CT molecular complexity index is 957. The third kappa shape index (κ3) is 5.38. The fourth-order valence-corrected chi connectivity index (χ4v) is 3.83. The first-order valence-corrected chi connectivity index (χ1v) is 10.9. The Kier molecular flexibility index (Phi) is 6.89. The molecule has 0 aliphatic carbocycles. The molecule has 2 aliphatic rings. The SMILES string of the molecule is O=C(Cc1ccccc1)NCCC(=O)N1CCN(C(=O)C2COc3ccccc3O2)CC1. The number of carbonyl (C=O) groups excluding carboxylic acids is 3. The highest BCUT2D eigenvalue weighted by Gasteiger charge is 2.33. The van der Waals surface area contributed by atoms with Crippen molar-refractivity contribution in [3.63, 3.8) is 0 Å². The number of nitrogens with zero attached hydrogens (tertiary/aromatic N) is 2. The van der Waals surface area contributed by atoms with Crippen LogP contribution in [0.2, 0.25) is 0 Å². The maximum absolute atomic E-state index is 12.8. The van der Waals surface area contributed by atoms with E-state index in [1.807, 2.05) is 48.5 Å². The van der Waals surface area contributed by atoms with Gasteiger partial charge in [0, 0.05) is 39.1 Å². The van der Waals surface area contributed by atoms with Crippen molar-refractivity contribution >= 4 is 17.7 Å². The molecule has 1 unspecified atom stereocenters. The van der Waals surface area contributed by atoms with Crippen molar-refractivity contribution in [3.8, 4) is 11.5 Å². The summed E-state index contributed by atoms with van der Waals surface area (Å²) in [6, 6.07) is 16.8. The molecule has 3 amide bonds. The molecule has 0 radical (unpaired) electrons. The van der Waals surface area contributed by atoms with Crippen LogP contribution in [0.3, 0.4) is 0 Å². The number of fused-ring (bicyclic) bond motifs is 1. The van der Waals surface area contributed by atoms with E-state index in [1.54, 1.807) is 15.9 Å². The second kappa shape index (κ2) is 10.2. The number of rotatable bonds is 6. The topological polar surface area (TPSA) is 88.2 Å². The van der Waals surface area contributed by atoms with Crippen LogP contribution in [-0.2, 0) is 20.8 Å². The minimum absolute atomic E-state index is 0.0247. The summed E-state index contributed by atoms with van der Waals surface area (Å²) in [7, 11) is 0. The largest absolute Gasteiger partial charge is 0.485 e. The van der Waals surface area contributed by atoms with Gasteiger partial charge in [0.2, 0.25) is 17.9 Å². The van der Waals surface area contributed by atoms with Gasteiger partial charge in [0.05, 0.1) is 6.42 Å². The first-order valence-electron chi connectivity index (χ1n) is 10.9. The summed E-state index contributed by atoms with van der Waals surface area (Å²) in [6.07, 6.45) is -0.134. The number of para-hydroxylation sites is 2. The van der Waals surface area contributed by atoms with E-state index in [2.05, 4.69) is 5.32 Å². The zero-order chi connectivity index (χ0) is 22.3. The molecule has 2 heterocycles. The lowest BCUT2D eigenvalue weighted by Crippen LogP contribution is -2.55. The molecular weight excluding hydrogens is 410 g/mol. The molecule has 8 heteroatoms. The highest BCUT2D eigenvalue weighted by atomic mass is 16.6. The summed E-state index contributed by atoms with van der Waals surface area (Å²) >= 11 is 0. The van der Waals surface area contributed by atoms with Crippen LogP contribution in [0.5, 0.6) is 11.5 Å². The number of piperazine rings is 1. The highest BCUT2D eigenvalue weighted by molar-refractivity contribution is 5.83. The zero-order valence-electron chi connectivity index (χ0n) is 17.9. The molecule has 0 bridgehead atoms. The number of carbonyl (C=O) groups is 3. The molecule has 0 aromatic heterocycles. The number of benzene rings is 2. The van der Waals surface area contributed by atoms with E-state index in [1.165, 1.54) is 0 Å². The molecule has 2 aromatic carbocycles. The predicted molar refractivity (Wildman–Crippen MR) is 117 cm³/mol. The minimum Gasteiger partial charge on any atom is -0.485 e. The van der Waals surface area contributed by atoms with E-state index in [-0.39, 0.29) is 30.7 Å². The number of ether oxygens (including phenoxy) is 2. The Labute approximate surface area is 187 Å². The molecule has 0 saturated carbocycles. The molecule has 2 aliphatic heterocycles. The molecule has 8 nitrogen and oxygen atoms in total. The predicted octanol–water partition coefficient (Wildman–Crippen LogP) is 1.25. The van der Waals surface area contributed by atoms with Crippen molar-refractivity contribution in [2.24, 2.45) is 0 Å². The maximum atomic E-state index is 12.8. The molecule has 32 heavy (non-hydrogen) atoms. The lowest BCUT2D eigenvalue weighted by atomic mass is 10.1. The number of hydrogen-bond acceptors (Lipinski definition) is 5. The quantitative estimate of drug-likeness (QED) is 0.735. The van der Waals surface area contributed by atoms with Gasteiger partial charge in [-0.2, -0.15) is 0 Å². The van der Waals surface area contributed by atoms with Gasteiger partial charge < -0.3 is 24.6 Å². The highest BCUT2D eigenvalue weighted by Crippen LogP contribution is 2.31. The second-order valence-electron chi connectivity index (χ2n) is 7.83. The van der Waals surface area contributed by atoms with Crippen molar-refractivity contribution < 1.29 is 23.9 Å². The van der Waals surface area contributed by atoms with Crippen LogP contribution < -0.4 is 14.8 Å². The van der Waals surface area contributed by atoms with Crippen molar-refractivity contribution in [1.29, 1.82) is 0 Å². The summed E-state index contributed by atoms with van der Waals surface area (Å²) in [5.41, 5.74) is 0.938. The van der Waals surface area contributed by atoms with Crippen LogP contribution in [0.15, 0.2) is 54.6 Å². The molecule has 1 N–H and O–H groups in total. The van der Waals surface area contributed by atoms with E-state index < -0.39 is 6.10 Å². The van der Waals surface area contributed by atoms with Crippen LogP contribution in [0, 0.1) is 0 Å². The van der Waals surface area contributed by atoms with Crippen molar-refractivity contribution in [1.82, 2.24) is 15.1 Å². The molecular formula is C24H27N3O5. The van der Waals surface area contributed by atoms with E-state index in [0.29, 0.717) is 50.6 Å². The van der Waals surface area contributed by atoms with Crippen LogP contribution in [0.25, 0.3) is 0 Å². The molecule has 1 saturated heterocycles. The Morgan fingerprint density at radius 2 is 1.53 bits per heavy atom. The maximum Gasteiger partial charge on any atom is 0.267 e. The van der Waals surface area contributed by atoms with E-state index >= 15 is 0 Å². The molecule has 2 aromatic rings. The van der Waals surface area contributed by atoms with Gasteiger partial charge in [-0.3, -0.25) is 14.4 Å². The van der Waals surface area contributed by atoms with Gasteiger partial charge in [0.15, 0.2) is 11.5 Å². The summed E-state index contributed by atoms with van der Waals surface area (Å²) in [5.74, 6) is 0.960. The molecule has 1 atom stereocenters. The van der Waals surface area contributed by atoms with Gasteiger partial charge in [-0.15, -0.1) is 0 Å². The van der Waals surface area contributed by atoms with Gasteiger partial charge in [-0.25, -0.2) is 0 Å². The fraction of sp³-hybridized carbons (Fsp3) is 0.375. The van der Waals surface area contributed by atoms with E-state index in [9.17, 15) is 14.4 Å². The van der Waals surface area contributed by atoms with E-state index in [4.69, 9.17) is 9.47 Å². The van der Waals surface area contributed by atoms with Crippen LogP contribution >= 0.6 is 0 Å². The Morgan fingerprint density at radius 1 is 0.875 bits per heavy atom. The van der Waals surface area contributed by atoms with Gasteiger partial charge in [-0.05, 0) is 17.7 Å². The molecule has 0 spiro atoms. The van der Waals surface area contributed by atoms with Gasteiger partial charge in [-0.1, -0.05) is 42.5 Å². The first kappa shape index (κ1) is 21.7. The summed E-state index contributed by atoms with van der Waals surface area (Å²) in [6.45, 7) is 2.31. The number of nitrogens with one attached hydrogen (secondary N) is 1. The average Bonchev–Trinajstić information content (AvgIpc) is 2.84. The lowest BCUT2D eigenvalue weighted by Gasteiger charge is -2.37. The fourth-order valence-electron chi connectivity index (χ4n) is 3.83. The first-order chi connectivity index (χ1) is 15.6. The minimum atomic E-state index is -0.674. The lowest BCUT2D eigenvalue weighted by molar-refractivity contribution is -0.146. The van der Waals surface area contributed by atoms with Crippen LogP contribution in [0.1, 0.15) is 12.0 Å². The Balaban J connectivity index is 1.17. The third-order valence-corrected chi connectivity index (χ3v) is 5.60. The Morgan fingerprint density at radius 3 is 2.28 bits per heavy atom. The Hall–Kier alpha value is -3.55. The van der Waals surface area contributed by atoms with Crippen LogP contribution in [0.4, 0.5) is 0 Å². The number of hydrogen-bond donors (Lipinski definition) is 1. The van der Waals surface area contributed by atoms with Gasteiger partial charge >= 0.3 is 0 Å². The summed E-state index contributed by atoms with van der Waals surface area (Å²) in [5, 5.41) is 2.80. The second-order valence-corrected chi connectivity index (χ2v) is 7.83. The van der Waals surface area contributed by atoms with Crippen molar-refractivity contribution in [2.75, 3.05) is 39.3 Å². The van der Waals surface area contributed by atoms with E-state index in [0.717, 1.165) is 5.56 Å². The summed E-state index contributed by atoms with van der Waals surface area (Å²) in [4.78, 5) is 40.8. The normalized spacial score (nSPS) is 17.6. The van der Waals surface area contributed by atoms with Crippen molar-refractivity contribution in [2.45, 2.75) is 18.9 Å². The van der Waals surface area contributed by atoms with Gasteiger partial charge in [0.1, 0.15) is 6.61 Å². The van der Waals surface area contributed by atoms with Crippen molar-refractivity contribution in [3.05, 3.63) is 60.2 Å².